The molecule has 0 aliphatic carbocycles. The van der Waals surface area contributed by atoms with Crippen molar-refractivity contribution >= 4 is 6.16 Å². The largest absolute Gasteiger partial charge is 0.513 e. The summed E-state index contributed by atoms with van der Waals surface area (Å²) in [6, 6.07) is 5.72. The van der Waals surface area contributed by atoms with Crippen LogP contribution >= 0.6 is 0 Å². The van der Waals surface area contributed by atoms with Crippen molar-refractivity contribution in [3.05, 3.63) is 0 Å². The molecule has 0 bridgehead atoms. The molecule has 0 aliphatic rings. The molecule has 0 radical (unpaired) electrons. The second kappa shape index (κ2) is 4.64. The van der Waals surface area contributed by atoms with Crippen LogP contribution < -0.4 is 0 Å². The van der Waals surface area contributed by atoms with Gasteiger partial charge in [0.25, 0.3) is 11.2 Å². The highest BCUT2D eigenvalue weighted by Crippen LogP contribution is 2.13. The van der Waals surface area contributed by atoms with Crippen LogP contribution in [0, 0.1) is 45.3 Å². The van der Waals surface area contributed by atoms with Gasteiger partial charge in [-0.3, -0.25) is 0 Å². The molecule has 7 heteroatoms. The lowest BCUT2D eigenvalue weighted by molar-refractivity contribution is -0.00365. The lowest BCUT2D eigenvalue weighted by Crippen LogP contribution is -2.34. The quantitative estimate of drug-likeness (QED) is 0.624. The number of ether oxygens (including phenoxy) is 2. The third-order valence-corrected chi connectivity index (χ3v) is 1.43. The molecule has 0 spiro atoms. The molecule has 16 heavy (non-hydrogen) atoms. The summed E-state index contributed by atoms with van der Waals surface area (Å²) in [7, 11) is 0. The monoisotopic (exact) mass is 218 g/mol. The Morgan fingerprint density at radius 2 is 1.12 bits per heavy atom. The van der Waals surface area contributed by atoms with Crippen molar-refractivity contribution in [2.24, 2.45) is 0 Å². The van der Waals surface area contributed by atoms with Crippen molar-refractivity contribution in [1.29, 1.82) is 21.0 Å². The van der Waals surface area contributed by atoms with Gasteiger partial charge in [-0.1, -0.05) is 0 Å². The van der Waals surface area contributed by atoms with Crippen molar-refractivity contribution in [3.63, 3.8) is 0 Å². The van der Waals surface area contributed by atoms with Gasteiger partial charge in [0, 0.05) is 13.8 Å². The molecular formula is C9H6N4O3. The minimum Gasteiger partial charge on any atom is -0.399 e. The average Bonchev–Trinajstić information content (AvgIpc) is 2.28. The molecule has 80 valence electrons. The van der Waals surface area contributed by atoms with Crippen LogP contribution in [0.5, 0.6) is 0 Å². The van der Waals surface area contributed by atoms with Gasteiger partial charge in [-0.05, 0) is 0 Å². The normalized spacial score (nSPS) is 9.88. The van der Waals surface area contributed by atoms with Gasteiger partial charge in [-0.2, -0.15) is 21.0 Å². The Kier molecular flexibility index (Phi) is 3.84. The molecule has 0 aromatic heterocycles. The van der Waals surface area contributed by atoms with Crippen molar-refractivity contribution in [2.45, 2.75) is 25.0 Å². The van der Waals surface area contributed by atoms with Gasteiger partial charge in [0.2, 0.25) is 0 Å². The SMILES string of the molecule is CC(C#N)(C#N)OC(=O)OC(C)(C#N)C#N. The van der Waals surface area contributed by atoms with Gasteiger partial charge in [-0.25, -0.2) is 4.79 Å². The van der Waals surface area contributed by atoms with E-state index in [1.807, 2.05) is 0 Å². The molecule has 0 aromatic carbocycles. The molecule has 0 heterocycles. The van der Waals surface area contributed by atoms with Crippen molar-refractivity contribution in [1.82, 2.24) is 0 Å². The molecule has 0 N–H and O–H groups in total. The average molecular weight is 218 g/mol. The zero-order valence-electron chi connectivity index (χ0n) is 8.51. The van der Waals surface area contributed by atoms with Gasteiger partial charge in [0.05, 0.1) is 0 Å². The van der Waals surface area contributed by atoms with E-state index in [2.05, 4.69) is 9.47 Å². The summed E-state index contributed by atoms with van der Waals surface area (Å²) in [5, 5.41) is 34.0. The van der Waals surface area contributed by atoms with E-state index in [-0.39, 0.29) is 0 Å². The predicted molar refractivity (Wildman–Crippen MR) is 46.8 cm³/mol. The molecule has 7 nitrogen and oxygen atoms in total. The van der Waals surface area contributed by atoms with Crippen LogP contribution in [-0.2, 0) is 9.47 Å². The number of carbonyl (C=O) groups excluding carboxylic acids is 1. The summed E-state index contributed by atoms with van der Waals surface area (Å²) >= 11 is 0. The van der Waals surface area contributed by atoms with Gasteiger partial charge >= 0.3 is 6.16 Å². The molecule has 0 fully saturated rings. The Morgan fingerprint density at radius 3 is 1.31 bits per heavy atom. The molecule has 0 rings (SSSR count). The van der Waals surface area contributed by atoms with E-state index in [0.29, 0.717) is 0 Å². The Hall–Kier alpha value is -2.77. The first-order valence-corrected chi connectivity index (χ1v) is 3.92. The van der Waals surface area contributed by atoms with E-state index in [1.54, 1.807) is 0 Å². The summed E-state index contributed by atoms with van der Waals surface area (Å²) < 4.78 is 8.70. The minimum absolute atomic E-state index is 1.05. The second-order valence-corrected chi connectivity index (χ2v) is 2.97. The zero-order valence-corrected chi connectivity index (χ0v) is 8.51. The van der Waals surface area contributed by atoms with Gasteiger partial charge in [0.1, 0.15) is 24.3 Å². The van der Waals surface area contributed by atoms with Crippen LogP contribution in [0.25, 0.3) is 0 Å². The third-order valence-electron chi connectivity index (χ3n) is 1.43. The smallest absolute Gasteiger partial charge is 0.399 e. The lowest BCUT2D eigenvalue weighted by atomic mass is 10.1. The zero-order chi connectivity index (χ0) is 12.8. The topological polar surface area (TPSA) is 131 Å². The minimum atomic E-state index is -2.01. The Labute approximate surface area is 91.6 Å². The Balaban J connectivity index is 4.70. The van der Waals surface area contributed by atoms with Gasteiger partial charge < -0.3 is 9.47 Å². The Morgan fingerprint density at radius 1 is 0.875 bits per heavy atom. The molecule has 0 unspecified atom stereocenters. The first-order valence-electron chi connectivity index (χ1n) is 3.92. The fourth-order valence-corrected chi connectivity index (χ4v) is 0.495. The molecule has 0 atom stereocenters. The maximum absolute atomic E-state index is 11.1. The summed E-state index contributed by atoms with van der Waals surface area (Å²) in [5.41, 5.74) is -4.02. The fourth-order valence-electron chi connectivity index (χ4n) is 0.495. The summed E-state index contributed by atoms with van der Waals surface area (Å²) in [6.45, 7) is 2.09. The number of nitrogens with zero attached hydrogens (tertiary/aromatic N) is 4. The number of hydrogen-bond donors (Lipinski definition) is 0. The highest BCUT2D eigenvalue weighted by Gasteiger charge is 2.35. The summed E-state index contributed by atoms with van der Waals surface area (Å²) in [5.74, 6) is 0. The molecule has 0 saturated heterocycles. The van der Waals surface area contributed by atoms with Crippen LogP contribution in [0.4, 0.5) is 4.79 Å². The van der Waals surface area contributed by atoms with E-state index in [4.69, 9.17) is 21.0 Å². The summed E-state index contributed by atoms with van der Waals surface area (Å²) in [4.78, 5) is 11.1. The third kappa shape index (κ3) is 3.18. The van der Waals surface area contributed by atoms with E-state index >= 15 is 0 Å². The maximum atomic E-state index is 11.1. The molecular weight excluding hydrogens is 212 g/mol. The van der Waals surface area contributed by atoms with Crippen molar-refractivity contribution in [2.75, 3.05) is 0 Å². The first-order chi connectivity index (χ1) is 7.34. The lowest BCUT2D eigenvalue weighted by Gasteiger charge is -2.17. The van der Waals surface area contributed by atoms with Crippen LogP contribution in [0.3, 0.4) is 0 Å². The number of nitriles is 4. The maximum Gasteiger partial charge on any atom is 0.513 e. The first kappa shape index (κ1) is 13.2. The molecule has 0 saturated carbocycles. The standard InChI is InChI=1S/C9H6N4O3/c1-8(3-10,4-11)15-7(14)16-9(2,5-12)6-13/h1-2H3. The molecule has 0 aromatic rings. The number of carbonyl (C=O) groups is 1. The van der Waals surface area contributed by atoms with Crippen LogP contribution in [0.1, 0.15) is 13.8 Å². The van der Waals surface area contributed by atoms with Crippen LogP contribution in [-0.4, -0.2) is 17.4 Å². The highest BCUT2D eigenvalue weighted by molar-refractivity contribution is 5.63. The number of rotatable bonds is 2. The molecule has 0 amide bonds. The van der Waals surface area contributed by atoms with Crippen LogP contribution in [0.2, 0.25) is 0 Å². The van der Waals surface area contributed by atoms with E-state index in [1.165, 1.54) is 24.3 Å². The molecule has 0 aliphatic heterocycles. The van der Waals surface area contributed by atoms with Crippen molar-refractivity contribution in [3.8, 4) is 24.3 Å². The Bertz CT molecular complexity index is 387. The number of hydrogen-bond acceptors (Lipinski definition) is 7. The summed E-state index contributed by atoms with van der Waals surface area (Å²) in [6.07, 6.45) is -1.43. The van der Waals surface area contributed by atoms with E-state index in [0.717, 1.165) is 13.8 Å². The second-order valence-electron chi connectivity index (χ2n) is 2.97. The van der Waals surface area contributed by atoms with Gasteiger partial charge in [0.15, 0.2) is 0 Å². The predicted octanol–water partition coefficient (Wildman–Crippen LogP) is 0.751. The highest BCUT2D eigenvalue weighted by atomic mass is 16.7. The van der Waals surface area contributed by atoms with Crippen LogP contribution in [0.15, 0.2) is 0 Å². The van der Waals surface area contributed by atoms with E-state index < -0.39 is 17.4 Å². The fraction of sp³-hybridized carbons (Fsp3) is 0.444. The van der Waals surface area contributed by atoms with Crippen molar-refractivity contribution < 1.29 is 14.3 Å². The van der Waals surface area contributed by atoms with E-state index in [9.17, 15) is 4.79 Å². The van der Waals surface area contributed by atoms with Gasteiger partial charge in [-0.15, -0.1) is 0 Å².